The summed E-state index contributed by atoms with van der Waals surface area (Å²) in [6, 6.07) is 5.79. The molecule has 84 valence electrons. The zero-order valence-corrected chi connectivity index (χ0v) is 9.06. The largest absolute Gasteiger partial charge is 0.508 e. The van der Waals surface area contributed by atoms with Crippen LogP contribution in [0.25, 0.3) is 11.0 Å². The fraction of sp³-hybridized carbons (Fsp3) is 0.417. The van der Waals surface area contributed by atoms with Crippen molar-refractivity contribution in [2.75, 3.05) is 13.1 Å². The first-order chi connectivity index (χ1) is 7.84. The number of piperidine rings is 1. The van der Waals surface area contributed by atoms with Gasteiger partial charge in [0.15, 0.2) is 0 Å². The minimum atomic E-state index is 0.304. The molecule has 1 aromatic heterocycles. The monoisotopic (exact) mass is 217 g/mol. The highest BCUT2D eigenvalue weighted by atomic mass is 16.3. The Labute approximate surface area is 93.9 Å². The second-order valence-corrected chi connectivity index (χ2v) is 4.33. The van der Waals surface area contributed by atoms with Crippen LogP contribution in [-0.4, -0.2) is 27.7 Å². The molecule has 1 aromatic carbocycles. The lowest BCUT2D eigenvalue weighted by Gasteiger charge is -2.24. The van der Waals surface area contributed by atoms with Crippen molar-refractivity contribution in [3.05, 3.63) is 24.5 Å². The van der Waals surface area contributed by atoms with Crippen molar-refractivity contribution >= 4 is 11.0 Å². The van der Waals surface area contributed by atoms with Gasteiger partial charge in [-0.1, -0.05) is 0 Å². The Morgan fingerprint density at radius 2 is 2.38 bits per heavy atom. The zero-order chi connectivity index (χ0) is 11.0. The highest BCUT2D eigenvalue weighted by Crippen LogP contribution is 2.25. The van der Waals surface area contributed by atoms with Gasteiger partial charge in [0.05, 0.1) is 17.4 Å². The van der Waals surface area contributed by atoms with E-state index in [9.17, 15) is 5.11 Å². The number of aromatic nitrogens is 2. The van der Waals surface area contributed by atoms with Crippen LogP contribution in [0.5, 0.6) is 5.75 Å². The maximum Gasteiger partial charge on any atom is 0.117 e. The Hall–Kier alpha value is -1.55. The molecular weight excluding hydrogens is 202 g/mol. The highest BCUT2D eigenvalue weighted by molar-refractivity contribution is 5.77. The second kappa shape index (κ2) is 3.79. The summed E-state index contributed by atoms with van der Waals surface area (Å²) in [5.41, 5.74) is 1.97. The van der Waals surface area contributed by atoms with E-state index in [1.807, 2.05) is 12.4 Å². The van der Waals surface area contributed by atoms with Crippen molar-refractivity contribution in [2.45, 2.75) is 18.9 Å². The standard InChI is InChI=1S/C12H15N3O/c16-10-3-4-11-12(6-10)15(8-14-11)9-2-1-5-13-7-9/h3-4,6,8-9,13,16H,1-2,5,7H2. The van der Waals surface area contributed by atoms with Crippen LogP contribution >= 0.6 is 0 Å². The average molecular weight is 217 g/mol. The Bertz CT molecular complexity index is 500. The number of nitrogens with one attached hydrogen (secondary N) is 1. The van der Waals surface area contributed by atoms with Gasteiger partial charge in [-0.05, 0) is 31.5 Å². The SMILES string of the molecule is Oc1ccc2ncn(C3CCCNC3)c2c1. The molecule has 3 rings (SSSR count). The smallest absolute Gasteiger partial charge is 0.117 e. The third kappa shape index (κ3) is 1.55. The normalized spacial score (nSPS) is 21.4. The van der Waals surface area contributed by atoms with E-state index < -0.39 is 0 Å². The summed E-state index contributed by atoms with van der Waals surface area (Å²) in [7, 11) is 0. The van der Waals surface area contributed by atoms with Crippen LogP contribution in [0.1, 0.15) is 18.9 Å². The summed E-state index contributed by atoms with van der Waals surface area (Å²) < 4.78 is 2.17. The molecule has 0 saturated carbocycles. The molecule has 2 N–H and O–H groups in total. The van der Waals surface area contributed by atoms with Crippen LogP contribution in [0, 0.1) is 0 Å². The van der Waals surface area contributed by atoms with Gasteiger partial charge < -0.3 is 15.0 Å². The third-order valence-corrected chi connectivity index (χ3v) is 3.22. The lowest BCUT2D eigenvalue weighted by atomic mass is 10.1. The average Bonchev–Trinajstić information content (AvgIpc) is 2.73. The van der Waals surface area contributed by atoms with Gasteiger partial charge in [-0.2, -0.15) is 0 Å². The molecule has 2 aromatic rings. The zero-order valence-electron chi connectivity index (χ0n) is 9.06. The Balaban J connectivity index is 2.05. The molecule has 4 heteroatoms. The number of imidazole rings is 1. The van der Waals surface area contributed by atoms with Crippen molar-refractivity contribution in [2.24, 2.45) is 0 Å². The predicted molar refractivity (Wildman–Crippen MR) is 62.5 cm³/mol. The van der Waals surface area contributed by atoms with Crippen LogP contribution < -0.4 is 5.32 Å². The molecule has 1 aliphatic heterocycles. The highest BCUT2D eigenvalue weighted by Gasteiger charge is 2.16. The fourth-order valence-electron chi connectivity index (χ4n) is 2.38. The van der Waals surface area contributed by atoms with Gasteiger partial charge in [-0.15, -0.1) is 0 Å². The number of nitrogens with zero attached hydrogens (tertiary/aromatic N) is 2. The quantitative estimate of drug-likeness (QED) is 0.764. The van der Waals surface area contributed by atoms with Gasteiger partial charge in [-0.25, -0.2) is 4.98 Å². The maximum atomic E-state index is 9.51. The third-order valence-electron chi connectivity index (χ3n) is 3.22. The molecule has 1 atom stereocenters. The van der Waals surface area contributed by atoms with Crippen LogP contribution in [0.15, 0.2) is 24.5 Å². The molecule has 1 fully saturated rings. The number of aromatic hydroxyl groups is 1. The first-order valence-corrected chi connectivity index (χ1v) is 5.71. The number of fused-ring (bicyclic) bond motifs is 1. The molecule has 16 heavy (non-hydrogen) atoms. The van der Waals surface area contributed by atoms with Gasteiger partial charge in [0.25, 0.3) is 0 Å². The van der Waals surface area contributed by atoms with Crippen molar-refractivity contribution < 1.29 is 5.11 Å². The number of hydrogen-bond acceptors (Lipinski definition) is 3. The number of benzene rings is 1. The molecule has 1 aliphatic rings. The molecule has 0 spiro atoms. The van der Waals surface area contributed by atoms with Gasteiger partial charge in [-0.3, -0.25) is 0 Å². The summed E-state index contributed by atoms with van der Waals surface area (Å²) >= 11 is 0. The van der Waals surface area contributed by atoms with Crippen LogP contribution in [0.3, 0.4) is 0 Å². The Kier molecular flexibility index (Phi) is 2.29. The van der Waals surface area contributed by atoms with E-state index in [1.165, 1.54) is 12.8 Å². The molecule has 0 radical (unpaired) electrons. The number of phenols is 1. The minimum Gasteiger partial charge on any atom is -0.508 e. The van der Waals surface area contributed by atoms with E-state index in [-0.39, 0.29) is 0 Å². The number of phenolic OH excluding ortho intramolecular Hbond substituents is 1. The van der Waals surface area contributed by atoms with E-state index in [4.69, 9.17) is 0 Å². The Morgan fingerprint density at radius 3 is 3.19 bits per heavy atom. The van der Waals surface area contributed by atoms with Crippen molar-refractivity contribution in [3.8, 4) is 5.75 Å². The fourth-order valence-corrected chi connectivity index (χ4v) is 2.38. The lowest BCUT2D eigenvalue weighted by Crippen LogP contribution is -2.31. The summed E-state index contributed by atoms with van der Waals surface area (Å²) in [6.45, 7) is 2.09. The maximum absolute atomic E-state index is 9.51. The van der Waals surface area contributed by atoms with Crippen LogP contribution in [-0.2, 0) is 0 Å². The van der Waals surface area contributed by atoms with Crippen molar-refractivity contribution in [1.29, 1.82) is 0 Å². The molecule has 2 heterocycles. The number of rotatable bonds is 1. The predicted octanol–water partition coefficient (Wildman–Crippen LogP) is 1.67. The van der Waals surface area contributed by atoms with Gasteiger partial charge >= 0.3 is 0 Å². The van der Waals surface area contributed by atoms with Crippen LogP contribution in [0.4, 0.5) is 0 Å². The molecule has 0 amide bonds. The molecule has 0 bridgehead atoms. The van der Waals surface area contributed by atoms with Crippen molar-refractivity contribution in [1.82, 2.24) is 14.9 Å². The van der Waals surface area contributed by atoms with E-state index in [0.29, 0.717) is 11.8 Å². The molecule has 0 aliphatic carbocycles. The number of hydrogen-bond donors (Lipinski definition) is 2. The van der Waals surface area contributed by atoms with Gasteiger partial charge in [0, 0.05) is 18.7 Å². The van der Waals surface area contributed by atoms with E-state index in [2.05, 4.69) is 14.9 Å². The summed E-state index contributed by atoms with van der Waals surface area (Å²) in [4.78, 5) is 4.36. The van der Waals surface area contributed by atoms with Crippen molar-refractivity contribution in [3.63, 3.8) is 0 Å². The van der Waals surface area contributed by atoms with E-state index >= 15 is 0 Å². The topological polar surface area (TPSA) is 50.1 Å². The first-order valence-electron chi connectivity index (χ1n) is 5.71. The lowest BCUT2D eigenvalue weighted by molar-refractivity contribution is 0.377. The Morgan fingerprint density at radius 1 is 1.44 bits per heavy atom. The van der Waals surface area contributed by atoms with Gasteiger partial charge in [0.2, 0.25) is 0 Å². The second-order valence-electron chi connectivity index (χ2n) is 4.33. The minimum absolute atomic E-state index is 0.304. The first kappa shape index (κ1) is 9.66. The summed E-state index contributed by atoms with van der Waals surface area (Å²) in [5, 5.41) is 12.9. The summed E-state index contributed by atoms with van der Waals surface area (Å²) in [5.74, 6) is 0.304. The molecule has 1 saturated heterocycles. The summed E-state index contributed by atoms with van der Waals surface area (Å²) in [6.07, 6.45) is 4.25. The molecule has 4 nitrogen and oxygen atoms in total. The molecular formula is C12H15N3O. The van der Waals surface area contributed by atoms with E-state index in [0.717, 1.165) is 24.1 Å². The molecule has 1 unspecified atom stereocenters. The van der Waals surface area contributed by atoms with E-state index in [1.54, 1.807) is 12.1 Å². The van der Waals surface area contributed by atoms with Crippen LogP contribution in [0.2, 0.25) is 0 Å². The van der Waals surface area contributed by atoms with Gasteiger partial charge in [0.1, 0.15) is 5.75 Å².